The van der Waals surface area contributed by atoms with Gasteiger partial charge in [0.15, 0.2) is 17.2 Å². The third-order valence-corrected chi connectivity index (χ3v) is 3.62. The summed E-state index contributed by atoms with van der Waals surface area (Å²) < 4.78 is 10.7. The van der Waals surface area contributed by atoms with Gasteiger partial charge in [0.05, 0.1) is 12.2 Å². The van der Waals surface area contributed by atoms with E-state index in [0.29, 0.717) is 23.6 Å². The Hall–Kier alpha value is -3.42. The summed E-state index contributed by atoms with van der Waals surface area (Å²) in [5.41, 5.74) is 2.44. The highest BCUT2D eigenvalue weighted by molar-refractivity contribution is 5.94. The van der Waals surface area contributed by atoms with Crippen molar-refractivity contribution < 1.29 is 18.8 Å². The molecule has 2 aromatic heterocycles. The number of carbonyl (C=O) groups excluding carboxylic acids is 2. The third-order valence-electron chi connectivity index (χ3n) is 3.62. The Kier molecular flexibility index (Phi) is 5.12. The van der Waals surface area contributed by atoms with Crippen molar-refractivity contribution in [1.29, 1.82) is 0 Å². The van der Waals surface area contributed by atoms with E-state index in [1.165, 1.54) is 13.0 Å². The molecule has 0 spiro atoms. The lowest BCUT2D eigenvalue weighted by Crippen LogP contribution is -2.23. The van der Waals surface area contributed by atoms with Crippen LogP contribution >= 0.6 is 0 Å². The Labute approximate surface area is 149 Å². The van der Waals surface area contributed by atoms with Gasteiger partial charge in [-0.1, -0.05) is 5.16 Å². The number of carbonyl (C=O) groups is 2. The van der Waals surface area contributed by atoms with Crippen molar-refractivity contribution in [2.75, 3.05) is 0 Å². The predicted molar refractivity (Wildman–Crippen MR) is 91.8 cm³/mol. The molecule has 1 aromatic carbocycles. The van der Waals surface area contributed by atoms with Gasteiger partial charge in [0.2, 0.25) is 0 Å². The van der Waals surface area contributed by atoms with Gasteiger partial charge in [0.1, 0.15) is 12.4 Å². The first-order valence-electron chi connectivity index (χ1n) is 8.00. The van der Waals surface area contributed by atoms with Gasteiger partial charge in [-0.2, -0.15) is 5.10 Å². The van der Waals surface area contributed by atoms with Crippen LogP contribution < -0.4 is 10.1 Å². The number of H-pyrrole nitrogens is 1. The molecule has 0 saturated carbocycles. The fraction of sp³-hybridized carbons (Fsp3) is 0.222. The van der Waals surface area contributed by atoms with E-state index < -0.39 is 0 Å². The van der Waals surface area contributed by atoms with Crippen LogP contribution in [0.25, 0.3) is 0 Å². The highest BCUT2D eigenvalue weighted by Gasteiger charge is 2.13. The van der Waals surface area contributed by atoms with Gasteiger partial charge in [0.25, 0.3) is 5.91 Å². The van der Waals surface area contributed by atoms with E-state index >= 15 is 0 Å². The first kappa shape index (κ1) is 17.4. The number of ketones is 1. The number of aromatic amines is 1. The van der Waals surface area contributed by atoms with Crippen molar-refractivity contribution in [3.63, 3.8) is 0 Å². The standard InChI is InChI=1S/C18H18N4O4/c1-11-7-14(21-20-11)9-19-18(24)17-8-16(26-22-17)10-25-15-5-3-13(4-6-15)12(2)23/h3-8H,9-10H2,1-2H3,(H,19,24)(H,20,21). The van der Waals surface area contributed by atoms with Gasteiger partial charge in [-0.05, 0) is 44.2 Å². The van der Waals surface area contributed by atoms with Gasteiger partial charge in [-0.15, -0.1) is 0 Å². The minimum absolute atomic E-state index is 0.00700. The Balaban J connectivity index is 1.52. The van der Waals surface area contributed by atoms with Crippen LogP contribution in [0, 0.1) is 6.92 Å². The fourth-order valence-electron chi connectivity index (χ4n) is 2.25. The summed E-state index contributed by atoms with van der Waals surface area (Å²) in [6, 6.07) is 10.1. The van der Waals surface area contributed by atoms with Crippen molar-refractivity contribution in [2.45, 2.75) is 27.0 Å². The third kappa shape index (κ3) is 4.35. The van der Waals surface area contributed by atoms with Crippen molar-refractivity contribution in [3.8, 4) is 5.75 Å². The van der Waals surface area contributed by atoms with E-state index in [-0.39, 0.29) is 24.0 Å². The second-order valence-corrected chi connectivity index (χ2v) is 5.77. The quantitative estimate of drug-likeness (QED) is 0.631. The molecular formula is C18H18N4O4. The summed E-state index contributed by atoms with van der Waals surface area (Å²) in [6.45, 7) is 3.81. The molecule has 3 aromatic rings. The second-order valence-electron chi connectivity index (χ2n) is 5.77. The van der Waals surface area contributed by atoms with Gasteiger partial charge in [-0.25, -0.2) is 0 Å². The van der Waals surface area contributed by atoms with Crippen LogP contribution in [0.1, 0.15) is 44.9 Å². The lowest BCUT2D eigenvalue weighted by Gasteiger charge is -2.03. The van der Waals surface area contributed by atoms with Gasteiger partial charge < -0.3 is 14.6 Å². The minimum Gasteiger partial charge on any atom is -0.486 e. The number of rotatable bonds is 7. The van der Waals surface area contributed by atoms with Crippen molar-refractivity contribution in [1.82, 2.24) is 20.7 Å². The first-order valence-corrected chi connectivity index (χ1v) is 8.00. The Morgan fingerprint density at radius 2 is 2.00 bits per heavy atom. The molecule has 0 fully saturated rings. The van der Waals surface area contributed by atoms with E-state index in [1.807, 2.05) is 13.0 Å². The number of Topliss-reactive ketones (excluding diaryl/α,β-unsaturated/α-hetero) is 1. The lowest BCUT2D eigenvalue weighted by atomic mass is 10.1. The minimum atomic E-state index is -0.355. The molecule has 0 aliphatic heterocycles. The monoisotopic (exact) mass is 354 g/mol. The number of benzene rings is 1. The van der Waals surface area contributed by atoms with Gasteiger partial charge in [0, 0.05) is 17.3 Å². The van der Waals surface area contributed by atoms with Crippen LogP contribution in [0.2, 0.25) is 0 Å². The normalized spacial score (nSPS) is 10.5. The van der Waals surface area contributed by atoms with Crippen molar-refractivity contribution in [2.24, 2.45) is 0 Å². The SMILES string of the molecule is CC(=O)c1ccc(OCc2cc(C(=O)NCc3cc(C)[nH]n3)no2)cc1. The molecule has 0 radical (unpaired) electrons. The molecule has 8 heteroatoms. The van der Waals surface area contributed by atoms with Crippen LogP contribution in [-0.4, -0.2) is 27.0 Å². The molecule has 0 saturated heterocycles. The number of nitrogens with zero attached hydrogens (tertiary/aromatic N) is 2. The van der Waals surface area contributed by atoms with Crippen LogP contribution in [0.4, 0.5) is 0 Å². The number of hydrogen-bond donors (Lipinski definition) is 2. The zero-order valence-corrected chi connectivity index (χ0v) is 14.4. The van der Waals surface area contributed by atoms with E-state index in [4.69, 9.17) is 9.26 Å². The predicted octanol–water partition coefficient (Wildman–Crippen LogP) is 2.42. The zero-order chi connectivity index (χ0) is 18.5. The molecule has 0 unspecified atom stereocenters. The highest BCUT2D eigenvalue weighted by atomic mass is 16.5. The molecule has 0 bridgehead atoms. The summed E-state index contributed by atoms with van der Waals surface area (Å²) in [7, 11) is 0. The smallest absolute Gasteiger partial charge is 0.273 e. The van der Waals surface area contributed by atoms with E-state index in [1.54, 1.807) is 24.3 Å². The number of aromatic nitrogens is 3. The van der Waals surface area contributed by atoms with Crippen molar-refractivity contribution in [3.05, 3.63) is 64.8 Å². The second kappa shape index (κ2) is 7.64. The molecule has 8 nitrogen and oxygen atoms in total. The maximum absolute atomic E-state index is 12.1. The van der Waals surface area contributed by atoms with E-state index in [9.17, 15) is 9.59 Å². The van der Waals surface area contributed by atoms with Crippen LogP contribution in [0.5, 0.6) is 5.75 Å². The number of amides is 1. The molecule has 134 valence electrons. The van der Waals surface area contributed by atoms with E-state index in [0.717, 1.165) is 11.4 Å². The summed E-state index contributed by atoms with van der Waals surface area (Å²) in [5, 5.41) is 13.3. The summed E-state index contributed by atoms with van der Waals surface area (Å²) in [4.78, 5) is 23.3. The van der Waals surface area contributed by atoms with Crippen LogP contribution in [-0.2, 0) is 13.2 Å². The Morgan fingerprint density at radius 1 is 1.23 bits per heavy atom. The largest absolute Gasteiger partial charge is 0.486 e. The van der Waals surface area contributed by atoms with Crippen molar-refractivity contribution >= 4 is 11.7 Å². The molecule has 0 atom stereocenters. The summed E-state index contributed by atoms with van der Waals surface area (Å²) >= 11 is 0. The summed E-state index contributed by atoms with van der Waals surface area (Å²) in [5.74, 6) is 0.645. The average molecular weight is 354 g/mol. The Morgan fingerprint density at radius 3 is 2.65 bits per heavy atom. The molecule has 26 heavy (non-hydrogen) atoms. The van der Waals surface area contributed by atoms with Crippen LogP contribution in [0.15, 0.2) is 40.9 Å². The number of ether oxygens (including phenoxy) is 1. The number of nitrogens with one attached hydrogen (secondary N) is 2. The molecule has 3 rings (SSSR count). The maximum Gasteiger partial charge on any atom is 0.273 e. The molecule has 0 aliphatic rings. The molecule has 1 amide bonds. The first-order chi connectivity index (χ1) is 12.5. The molecule has 2 heterocycles. The fourth-order valence-corrected chi connectivity index (χ4v) is 2.25. The molecule has 2 N–H and O–H groups in total. The van der Waals surface area contributed by atoms with Gasteiger partial charge in [-0.3, -0.25) is 14.7 Å². The maximum atomic E-state index is 12.1. The topological polar surface area (TPSA) is 110 Å². The summed E-state index contributed by atoms with van der Waals surface area (Å²) in [6.07, 6.45) is 0. The highest BCUT2D eigenvalue weighted by Crippen LogP contribution is 2.15. The number of hydrogen-bond acceptors (Lipinski definition) is 6. The van der Waals surface area contributed by atoms with E-state index in [2.05, 4.69) is 20.7 Å². The van der Waals surface area contributed by atoms with Gasteiger partial charge >= 0.3 is 0 Å². The Bertz CT molecular complexity index is 911. The number of aryl methyl sites for hydroxylation is 1. The molecular weight excluding hydrogens is 336 g/mol. The average Bonchev–Trinajstić information content (AvgIpc) is 3.27. The van der Waals surface area contributed by atoms with Crippen LogP contribution in [0.3, 0.4) is 0 Å². The lowest BCUT2D eigenvalue weighted by molar-refractivity contribution is 0.0940. The molecule has 0 aliphatic carbocycles. The zero-order valence-electron chi connectivity index (χ0n) is 14.4.